The number of aliphatic hydroxyl groups is 1. The second-order valence-electron chi connectivity index (χ2n) is 5.48. The Balaban J connectivity index is 2.17. The van der Waals surface area contributed by atoms with Crippen LogP contribution in [0.4, 0.5) is 0 Å². The molecule has 0 amide bonds. The minimum Gasteiger partial charge on any atom is -0.490 e. The van der Waals surface area contributed by atoms with Crippen molar-refractivity contribution in [2.75, 3.05) is 13.7 Å². The van der Waals surface area contributed by atoms with Crippen LogP contribution in [0, 0.1) is 0 Å². The van der Waals surface area contributed by atoms with Gasteiger partial charge in [0, 0.05) is 11.5 Å². The first-order valence-electron chi connectivity index (χ1n) is 6.57. The Bertz CT molecular complexity index is 740. The van der Waals surface area contributed by atoms with E-state index in [9.17, 15) is 9.90 Å². The highest BCUT2D eigenvalue weighted by Gasteiger charge is 2.35. The number of methoxy groups -OCH3 is 1. The molecule has 1 aliphatic heterocycles. The fourth-order valence-electron chi connectivity index (χ4n) is 2.24. The SMILES string of the molecule is COc1c2c(cc3ccc(=O)oc13)O[C@@H](C(C)(C)O)CO2. The lowest BCUT2D eigenvalue weighted by molar-refractivity contribution is -0.0657. The molecule has 1 aromatic carbocycles. The van der Waals surface area contributed by atoms with Gasteiger partial charge in [-0.3, -0.25) is 0 Å². The Kier molecular flexibility index (Phi) is 3.06. The molecule has 21 heavy (non-hydrogen) atoms. The topological polar surface area (TPSA) is 78.1 Å². The Hall–Kier alpha value is -2.21. The lowest BCUT2D eigenvalue weighted by Crippen LogP contribution is -2.46. The molecule has 2 heterocycles. The third-order valence-electron chi connectivity index (χ3n) is 3.43. The highest BCUT2D eigenvalue weighted by atomic mass is 16.6. The summed E-state index contributed by atoms with van der Waals surface area (Å²) < 4.78 is 21.9. The van der Waals surface area contributed by atoms with E-state index in [1.54, 1.807) is 26.0 Å². The molecule has 1 aromatic heterocycles. The Labute approximate surface area is 120 Å². The van der Waals surface area contributed by atoms with Gasteiger partial charge in [0.15, 0.2) is 17.4 Å². The summed E-state index contributed by atoms with van der Waals surface area (Å²) in [4.78, 5) is 11.4. The van der Waals surface area contributed by atoms with Crippen LogP contribution < -0.4 is 19.8 Å². The van der Waals surface area contributed by atoms with Gasteiger partial charge in [-0.1, -0.05) is 0 Å². The predicted octanol–water partition coefficient (Wildman–Crippen LogP) is 1.71. The number of fused-ring (bicyclic) bond motifs is 2. The molecule has 0 radical (unpaired) electrons. The molecule has 1 N–H and O–H groups in total. The fourth-order valence-corrected chi connectivity index (χ4v) is 2.24. The van der Waals surface area contributed by atoms with Crippen LogP contribution in [0.15, 0.2) is 27.4 Å². The first kappa shape index (κ1) is 13.8. The summed E-state index contributed by atoms with van der Waals surface area (Å²) in [6.07, 6.45) is -0.497. The van der Waals surface area contributed by atoms with E-state index in [4.69, 9.17) is 18.6 Å². The van der Waals surface area contributed by atoms with Crippen molar-refractivity contribution >= 4 is 11.0 Å². The van der Waals surface area contributed by atoms with Crippen molar-refractivity contribution in [3.05, 3.63) is 28.6 Å². The van der Waals surface area contributed by atoms with Crippen molar-refractivity contribution < 1.29 is 23.7 Å². The average molecular weight is 292 g/mol. The average Bonchev–Trinajstić information content (AvgIpc) is 2.43. The molecule has 2 aromatic rings. The van der Waals surface area contributed by atoms with Crippen molar-refractivity contribution in [2.24, 2.45) is 0 Å². The maximum Gasteiger partial charge on any atom is 0.336 e. The van der Waals surface area contributed by atoms with Crippen LogP contribution in [0.2, 0.25) is 0 Å². The van der Waals surface area contributed by atoms with E-state index in [1.807, 2.05) is 0 Å². The molecular weight excluding hydrogens is 276 g/mol. The van der Waals surface area contributed by atoms with Crippen LogP contribution in [0.5, 0.6) is 17.2 Å². The monoisotopic (exact) mass is 292 g/mol. The number of hydrogen-bond donors (Lipinski definition) is 1. The van der Waals surface area contributed by atoms with Gasteiger partial charge in [0.1, 0.15) is 6.61 Å². The molecule has 0 spiro atoms. The minimum absolute atomic E-state index is 0.176. The van der Waals surface area contributed by atoms with E-state index in [1.165, 1.54) is 13.2 Å². The molecule has 1 atom stereocenters. The van der Waals surface area contributed by atoms with Gasteiger partial charge in [-0.2, -0.15) is 0 Å². The standard InChI is InChI=1S/C15H16O6/c1-15(2,17)10-7-19-13-9(20-10)6-8-4-5-11(16)21-12(8)14(13)18-3/h4-6,10,17H,7H2,1-3H3/t10-/m1/s1. The molecule has 0 fully saturated rings. The summed E-state index contributed by atoms with van der Waals surface area (Å²) in [6.45, 7) is 3.49. The van der Waals surface area contributed by atoms with E-state index in [2.05, 4.69) is 0 Å². The highest BCUT2D eigenvalue weighted by Crippen LogP contribution is 2.46. The third-order valence-corrected chi connectivity index (χ3v) is 3.43. The van der Waals surface area contributed by atoms with Gasteiger partial charge in [-0.05, 0) is 26.0 Å². The van der Waals surface area contributed by atoms with Gasteiger partial charge in [0.2, 0.25) is 11.5 Å². The third kappa shape index (κ3) is 2.31. The van der Waals surface area contributed by atoms with Crippen LogP contribution in [0.1, 0.15) is 13.8 Å². The van der Waals surface area contributed by atoms with Crippen molar-refractivity contribution in [2.45, 2.75) is 25.6 Å². The number of rotatable bonds is 2. The zero-order chi connectivity index (χ0) is 15.2. The smallest absolute Gasteiger partial charge is 0.336 e. The van der Waals surface area contributed by atoms with E-state index in [0.29, 0.717) is 28.2 Å². The number of hydrogen-bond acceptors (Lipinski definition) is 6. The maximum absolute atomic E-state index is 11.4. The summed E-state index contributed by atoms with van der Waals surface area (Å²) in [5.74, 6) is 1.14. The van der Waals surface area contributed by atoms with Crippen LogP contribution in [-0.2, 0) is 0 Å². The van der Waals surface area contributed by atoms with Crippen molar-refractivity contribution in [1.29, 1.82) is 0 Å². The summed E-state index contributed by atoms with van der Waals surface area (Å²) in [5, 5.41) is 10.7. The van der Waals surface area contributed by atoms with Gasteiger partial charge in [-0.25, -0.2) is 4.79 Å². The van der Waals surface area contributed by atoms with Crippen LogP contribution in [0.25, 0.3) is 11.0 Å². The summed E-state index contributed by atoms with van der Waals surface area (Å²) in [7, 11) is 1.47. The van der Waals surface area contributed by atoms with Crippen molar-refractivity contribution in [1.82, 2.24) is 0 Å². The first-order chi connectivity index (χ1) is 9.90. The Morgan fingerprint density at radius 1 is 1.38 bits per heavy atom. The van der Waals surface area contributed by atoms with Gasteiger partial charge < -0.3 is 23.7 Å². The van der Waals surface area contributed by atoms with Crippen molar-refractivity contribution in [3.63, 3.8) is 0 Å². The van der Waals surface area contributed by atoms with Gasteiger partial charge in [-0.15, -0.1) is 0 Å². The zero-order valence-electron chi connectivity index (χ0n) is 12.0. The highest BCUT2D eigenvalue weighted by molar-refractivity contribution is 5.88. The van der Waals surface area contributed by atoms with Crippen LogP contribution in [-0.4, -0.2) is 30.5 Å². The molecule has 0 unspecified atom stereocenters. The second kappa shape index (κ2) is 4.66. The van der Waals surface area contributed by atoms with E-state index in [0.717, 1.165) is 0 Å². The molecule has 0 saturated carbocycles. The number of ether oxygens (including phenoxy) is 3. The minimum atomic E-state index is -1.04. The van der Waals surface area contributed by atoms with Crippen LogP contribution >= 0.6 is 0 Å². The Morgan fingerprint density at radius 2 is 2.14 bits per heavy atom. The largest absolute Gasteiger partial charge is 0.490 e. The molecule has 1 aliphatic rings. The fraction of sp³-hybridized carbons (Fsp3) is 0.400. The van der Waals surface area contributed by atoms with E-state index in [-0.39, 0.29) is 6.61 Å². The summed E-state index contributed by atoms with van der Waals surface area (Å²) >= 11 is 0. The van der Waals surface area contributed by atoms with Gasteiger partial charge in [0.05, 0.1) is 12.7 Å². The molecular formula is C15H16O6. The molecule has 0 saturated heterocycles. The zero-order valence-corrected chi connectivity index (χ0v) is 12.0. The second-order valence-corrected chi connectivity index (χ2v) is 5.48. The molecule has 6 heteroatoms. The summed E-state index contributed by atoms with van der Waals surface area (Å²) in [6, 6.07) is 4.65. The van der Waals surface area contributed by atoms with E-state index >= 15 is 0 Å². The van der Waals surface area contributed by atoms with Gasteiger partial charge in [0.25, 0.3) is 0 Å². The normalized spacial score (nSPS) is 17.8. The summed E-state index contributed by atoms with van der Waals surface area (Å²) in [5.41, 5.74) is -1.19. The van der Waals surface area contributed by atoms with E-state index < -0.39 is 17.3 Å². The molecule has 3 rings (SSSR count). The van der Waals surface area contributed by atoms with Crippen LogP contribution in [0.3, 0.4) is 0 Å². The molecule has 0 aliphatic carbocycles. The molecule has 0 bridgehead atoms. The Morgan fingerprint density at radius 3 is 2.81 bits per heavy atom. The maximum atomic E-state index is 11.4. The van der Waals surface area contributed by atoms with Gasteiger partial charge >= 0.3 is 5.63 Å². The first-order valence-corrected chi connectivity index (χ1v) is 6.57. The van der Waals surface area contributed by atoms with Crippen molar-refractivity contribution in [3.8, 4) is 17.2 Å². The lowest BCUT2D eigenvalue weighted by atomic mass is 10.0. The lowest BCUT2D eigenvalue weighted by Gasteiger charge is -2.34. The molecule has 6 nitrogen and oxygen atoms in total. The quantitative estimate of drug-likeness (QED) is 0.849. The predicted molar refractivity (Wildman–Crippen MR) is 75.2 cm³/mol. The number of benzene rings is 1. The molecule has 112 valence electrons.